The number of benzene rings is 2. The van der Waals surface area contributed by atoms with Crippen molar-refractivity contribution < 1.29 is 39.9 Å². The summed E-state index contributed by atoms with van der Waals surface area (Å²) in [6.45, 7) is 2.54. The van der Waals surface area contributed by atoms with E-state index in [4.69, 9.17) is 0 Å². The Morgan fingerprint density at radius 3 is 2.10 bits per heavy atom. The lowest BCUT2D eigenvalue weighted by molar-refractivity contribution is -0.138. The number of alkyl halides is 6. The van der Waals surface area contributed by atoms with Crippen LogP contribution in [0.2, 0.25) is 0 Å². The van der Waals surface area contributed by atoms with E-state index in [1.54, 1.807) is 6.07 Å². The molecule has 0 bridgehead atoms. The third-order valence-corrected chi connectivity index (χ3v) is 7.44. The number of hydrogen-bond acceptors (Lipinski definition) is 5. The second-order valence-corrected chi connectivity index (χ2v) is 11.2. The van der Waals surface area contributed by atoms with Gasteiger partial charge in [0.15, 0.2) is 0 Å². The van der Waals surface area contributed by atoms with Crippen molar-refractivity contribution in [1.29, 1.82) is 0 Å². The molecular weight excluding hydrogens is 562 g/mol. The van der Waals surface area contributed by atoms with Crippen molar-refractivity contribution in [2.24, 2.45) is 0 Å². The first-order chi connectivity index (χ1) is 18.5. The van der Waals surface area contributed by atoms with E-state index in [9.17, 15) is 39.9 Å². The van der Waals surface area contributed by atoms with Crippen LogP contribution in [-0.2, 0) is 22.4 Å². The highest BCUT2D eigenvalue weighted by Gasteiger charge is 2.33. The lowest BCUT2D eigenvalue weighted by Gasteiger charge is -2.23. The summed E-state index contributed by atoms with van der Waals surface area (Å²) in [7, 11) is -4.03. The molecule has 40 heavy (non-hydrogen) atoms. The van der Waals surface area contributed by atoms with E-state index in [1.165, 1.54) is 49.1 Å². The molecule has 4 aromatic rings. The van der Waals surface area contributed by atoms with Crippen LogP contribution in [0.5, 0.6) is 0 Å². The molecule has 0 aliphatic rings. The lowest BCUT2D eigenvalue weighted by Crippen LogP contribution is -2.46. The zero-order valence-corrected chi connectivity index (χ0v) is 21.7. The van der Waals surface area contributed by atoms with Crippen LogP contribution in [0.25, 0.3) is 28.3 Å². The van der Waals surface area contributed by atoms with Crippen molar-refractivity contribution in [3.05, 3.63) is 84.3 Å². The van der Waals surface area contributed by atoms with E-state index >= 15 is 0 Å². The van der Waals surface area contributed by atoms with Crippen molar-refractivity contribution in [2.45, 2.75) is 36.6 Å². The molecule has 2 aromatic heterocycles. The number of sulfonamides is 1. The minimum absolute atomic E-state index is 0.0388. The summed E-state index contributed by atoms with van der Waals surface area (Å²) in [5, 5.41) is 9.39. The lowest BCUT2D eigenvalue weighted by atomic mass is 10.1. The van der Waals surface area contributed by atoms with Gasteiger partial charge in [-0.15, -0.1) is 0 Å². The van der Waals surface area contributed by atoms with E-state index in [0.717, 1.165) is 36.4 Å². The number of nitrogens with one attached hydrogen (secondary N) is 1. The molecule has 0 unspecified atom stereocenters. The highest BCUT2D eigenvalue weighted by Crippen LogP contribution is 2.35. The molecule has 212 valence electrons. The normalized spacial score (nSPS) is 13.0. The molecule has 2 heterocycles. The fraction of sp³-hybridized carbons (Fsp3) is 0.231. The minimum Gasteiger partial charge on any atom is -0.394 e. The Balaban J connectivity index is 1.72. The Morgan fingerprint density at radius 2 is 1.50 bits per heavy atom. The summed E-state index contributed by atoms with van der Waals surface area (Å²) in [6, 6.07) is 10.7. The number of aliphatic hydroxyl groups excluding tert-OH is 1. The highest BCUT2D eigenvalue weighted by molar-refractivity contribution is 7.89. The number of pyridine rings is 1. The number of hydrogen-bond donors (Lipinski definition) is 2. The smallest absolute Gasteiger partial charge is 0.394 e. The molecule has 0 amide bonds. The van der Waals surface area contributed by atoms with Crippen molar-refractivity contribution >= 4 is 10.0 Å². The first kappa shape index (κ1) is 29.2. The third kappa shape index (κ3) is 6.51. The maximum Gasteiger partial charge on any atom is 0.416 e. The molecule has 0 saturated heterocycles. The van der Waals surface area contributed by atoms with Crippen LogP contribution in [0.3, 0.4) is 0 Å². The van der Waals surface area contributed by atoms with Crippen LogP contribution in [0, 0.1) is 0 Å². The Labute approximate surface area is 225 Å². The SMILES string of the molecule is CC(C)(CO)NS(=O)(=O)c1cccc(-c2cn(-c3cc(C(F)(F)F)cc(-c4ccc(C(F)(F)F)cc4)n3)cn2)c1. The molecule has 4 rings (SSSR count). The van der Waals surface area contributed by atoms with Gasteiger partial charge in [0.2, 0.25) is 10.0 Å². The van der Waals surface area contributed by atoms with Gasteiger partial charge < -0.3 is 5.11 Å². The van der Waals surface area contributed by atoms with Crippen molar-refractivity contribution in [3.63, 3.8) is 0 Å². The predicted molar refractivity (Wildman–Crippen MR) is 134 cm³/mol. The molecule has 0 atom stereocenters. The van der Waals surface area contributed by atoms with Crippen molar-refractivity contribution in [3.8, 4) is 28.3 Å². The number of rotatable bonds is 7. The Bertz CT molecular complexity index is 1630. The molecule has 0 aliphatic carbocycles. The number of halogens is 6. The van der Waals surface area contributed by atoms with Crippen LogP contribution >= 0.6 is 0 Å². The van der Waals surface area contributed by atoms with Gasteiger partial charge in [-0.1, -0.05) is 24.3 Å². The van der Waals surface area contributed by atoms with Gasteiger partial charge in [-0.25, -0.2) is 23.1 Å². The third-order valence-electron chi connectivity index (χ3n) is 5.74. The summed E-state index contributed by atoms with van der Waals surface area (Å²) >= 11 is 0. The Hall–Kier alpha value is -3.75. The molecule has 14 heteroatoms. The van der Waals surface area contributed by atoms with E-state index in [0.29, 0.717) is 5.56 Å². The number of aromatic nitrogens is 3. The zero-order chi connectivity index (χ0) is 29.5. The topological polar surface area (TPSA) is 97.1 Å². The number of nitrogens with zero attached hydrogens (tertiary/aromatic N) is 3. The van der Waals surface area contributed by atoms with Gasteiger partial charge in [0.1, 0.15) is 12.1 Å². The quantitative estimate of drug-likeness (QED) is 0.272. The maximum absolute atomic E-state index is 13.7. The molecular formula is C26H22F6N4O3S. The molecule has 0 radical (unpaired) electrons. The molecule has 7 nitrogen and oxygen atoms in total. The molecule has 2 aromatic carbocycles. The van der Waals surface area contributed by atoms with Gasteiger partial charge in [-0.2, -0.15) is 26.3 Å². The van der Waals surface area contributed by atoms with Crippen LogP contribution in [0.15, 0.2) is 78.1 Å². The first-order valence-corrected chi connectivity index (χ1v) is 13.0. The van der Waals surface area contributed by atoms with E-state index < -0.39 is 45.6 Å². The maximum atomic E-state index is 13.7. The highest BCUT2D eigenvalue weighted by atomic mass is 32.2. The van der Waals surface area contributed by atoms with E-state index in [1.807, 2.05) is 0 Å². The molecule has 0 fully saturated rings. The average molecular weight is 585 g/mol. The zero-order valence-electron chi connectivity index (χ0n) is 20.9. The van der Waals surface area contributed by atoms with Crippen LogP contribution < -0.4 is 4.72 Å². The fourth-order valence-electron chi connectivity index (χ4n) is 3.66. The van der Waals surface area contributed by atoms with Gasteiger partial charge in [0.25, 0.3) is 0 Å². The van der Waals surface area contributed by atoms with E-state index in [2.05, 4.69) is 14.7 Å². The molecule has 0 aliphatic heterocycles. The van der Waals surface area contributed by atoms with Crippen LogP contribution in [0.4, 0.5) is 26.3 Å². The van der Waals surface area contributed by atoms with Gasteiger partial charge in [0, 0.05) is 17.3 Å². The van der Waals surface area contributed by atoms with Gasteiger partial charge in [0.05, 0.1) is 39.6 Å². The van der Waals surface area contributed by atoms with Gasteiger partial charge >= 0.3 is 12.4 Å². The summed E-state index contributed by atoms with van der Waals surface area (Å²) in [6.07, 6.45) is -6.86. The predicted octanol–water partition coefficient (Wildman–Crippen LogP) is 5.69. The Morgan fingerprint density at radius 1 is 0.850 bits per heavy atom. The summed E-state index contributed by atoms with van der Waals surface area (Å²) in [5.74, 6) is -0.210. The summed E-state index contributed by atoms with van der Waals surface area (Å²) < 4.78 is 109. The molecule has 2 N–H and O–H groups in total. The molecule has 0 saturated carbocycles. The summed E-state index contributed by atoms with van der Waals surface area (Å²) in [5.41, 5.74) is -2.78. The van der Waals surface area contributed by atoms with Gasteiger partial charge in [-0.3, -0.25) is 4.57 Å². The van der Waals surface area contributed by atoms with Crippen molar-refractivity contribution in [1.82, 2.24) is 19.3 Å². The Kier molecular flexibility index (Phi) is 7.56. The monoisotopic (exact) mass is 584 g/mol. The minimum atomic E-state index is -4.78. The average Bonchev–Trinajstić information content (AvgIpc) is 3.38. The first-order valence-electron chi connectivity index (χ1n) is 11.6. The fourth-order valence-corrected chi connectivity index (χ4v) is 5.11. The summed E-state index contributed by atoms with van der Waals surface area (Å²) in [4.78, 5) is 8.25. The van der Waals surface area contributed by atoms with Gasteiger partial charge in [-0.05, 0) is 50.2 Å². The second-order valence-electron chi connectivity index (χ2n) is 9.51. The second kappa shape index (κ2) is 10.3. The number of imidazole rings is 1. The van der Waals surface area contributed by atoms with E-state index in [-0.39, 0.29) is 27.7 Å². The van der Waals surface area contributed by atoms with Crippen LogP contribution in [-0.4, -0.2) is 40.2 Å². The largest absolute Gasteiger partial charge is 0.416 e. The van der Waals surface area contributed by atoms with Crippen LogP contribution in [0.1, 0.15) is 25.0 Å². The standard InChI is InChI=1S/C26H22F6N4O3S/c1-24(2,14-37)35-40(38,39)20-5-3-4-17(10-20)22-13-36(15-33-22)23-12-19(26(30,31)32)11-21(34-23)16-6-8-18(9-7-16)25(27,28)29/h3-13,15,35,37H,14H2,1-2H3. The molecule has 0 spiro atoms. The van der Waals surface area contributed by atoms with Crippen molar-refractivity contribution in [2.75, 3.05) is 6.61 Å². The number of aliphatic hydroxyl groups is 1.